The summed E-state index contributed by atoms with van der Waals surface area (Å²) in [6, 6.07) is 5.83. The molecular formula is C22H21N5O3. The van der Waals surface area contributed by atoms with Crippen molar-refractivity contribution in [1.82, 2.24) is 25.0 Å². The second-order valence-corrected chi connectivity index (χ2v) is 7.68. The van der Waals surface area contributed by atoms with Gasteiger partial charge in [0, 0.05) is 36.4 Å². The number of carbonyl (C=O) groups is 1. The maximum Gasteiger partial charge on any atom is 0.240 e. The Hall–Kier alpha value is -3.55. The van der Waals surface area contributed by atoms with Crippen molar-refractivity contribution in [2.75, 3.05) is 13.1 Å². The van der Waals surface area contributed by atoms with Crippen LogP contribution in [0.2, 0.25) is 0 Å². The first-order valence-electron chi connectivity index (χ1n) is 9.95. The summed E-state index contributed by atoms with van der Waals surface area (Å²) in [7, 11) is 0. The second kappa shape index (κ2) is 7.37. The molecule has 0 bridgehead atoms. The van der Waals surface area contributed by atoms with Crippen LogP contribution in [0, 0.1) is 13.8 Å². The molecule has 0 spiro atoms. The number of aromatic nitrogens is 4. The summed E-state index contributed by atoms with van der Waals surface area (Å²) in [5.74, 6) is 1.41. The maximum absolute atomic E-state index is 12.9. The van der Waals surface area contributed by atoms with E-state index >= 15 is 0 Å². The summed E-state index contributed by atoms with van der Waals surface area (Å²) in [5, 5.41) is 4.99. The Labute approximate surface area is 172 Å². The van der Waals surface area contributed by atoms with Crippen LogP contribution in [0.15, 0.2) is 45.8 Å². The minimum atomic E-state index is 0.0184. The van der Waals surface area contributed by atoms with Crippen LogP contribution in [0.25, 0.3) is 22.6 Å². The molecule has 1 amide bonds. The molecule has 3 aromatic heterocycles. The number of rotatable bonds is 4. The molecule has 0 aliphatic carbocycles. The van der Waals surface area contributed by atoms with E-state index in [2.05, 4.69) is 33.1 Å². The molecule has 152 valence electrons. The number of hydrogen-bond donors (Lipinski definition) is 0. The largest absolute Gasteiger partial charge is 0.464 e. The van der Waals surface area contributed by atoms with Gasteiger partial charge in [-0.05, 0) is 37.5 Å². The molecular weight excluding hydrogens is 382 g/mol. The average Bonchev–Trinajstić information content (AvgIpc) is 3.51. The molecule has 0 radical (unpaired) electrons. The highest BCUT2D eigenvalue weighted by molar-refractivity contribution is 5.89. The lowest BCUT2D eigenvalue weighted by molar-refractivity contribution is -0.129. The maximum atomic E-state index is 12.9. The second-order valence-electron chi connectivity index (χ2n) is 7.68. The summed E-state index contributed by atoms with van der Waals surface area (Å²) in [6.07, 6.45) is 6.07. The number of aryl methyl sites for hydroxylation is 2. The Balaban J connectivity index is 1.28. The number of fused-ring (bicyclic) bond motifs is 1. The first-order valence-corrected chi connectivity index (χ1v) is 9.95. The first kappa shape index (κ1) is 18.5. The third kappa shape index (κ3) is 3.24. The summed E-state index contributed by atoms with van der Waals surface area (Å²) in [4.78, 5) is 27.5. The molecule has 4 heterocycles. The molecule has 1 saturated heterocycles. The lowest BCUT2D eigenvalue weighted by Gasteiger charge is -2.15. The van der Waals surface area contributed by atoms with Crippen LogP contribution in [0.3, 0.4) is 0 Å². The van der Waals surface area contributed by atoms with Crippen molar-refractivity contribution >= 4 is 16.9 Å². The van der Waals surface area contributed by atoms with Gasteiger partial charge in [0.25, 0.3) is 0 Å². The fourth-order valence-electron chi connectivity index (χ4n) is 3.89. The van der Waals surface area contributed by atoms with Gasteiger partial charge >= 0.3 is 0 Å². The fourth-order valence-corrected chi connectivity index (χ4v) is 3.89. The molecule has 8 nitrogen and oxygen atoms in total. The number of nitrogens with zero attached hydrogens (tertiary/aromatic N) is 5. The van der Waals surface area contributed by atoms with Crippen molar-refractivity contribution < 1.29 is 13.7 Å². The first-order chi connectivity index (χ1) is 14.6. The summed E-state index contributed by atoms with van der Waals surface area (Å²) in [6.45, 7) is 5.32. The summed E-state index contributed by atoms with van der Waals surface area (Å²) < 4.78 is 11.2. The Morgan fingerprint density at radius 1 is 1.20 bits per heavy atom. The molecule has 5 rings (SSSR count). The van der Waals surface area contributed by atoms with Gasteiger partial charge in [-0.15, -0.1) is 0 Å². The normalized spacial score (nSPS) is 16.5. The van der Waals surface area contributed by atoms with E-state index in [9.17, 15) is 4.79 Å². The molecule has 1 aliphatic heterocycles. The van der Waals surface area contributed by atoms with E-state index in [0.717, 1.165) is 28.5 Å². The van der Waals surface area contributed by atoms with Crippen LogP contribution < -0.4 is 0 Å². The predicted octanol–water partition coefficient (Wildman–Crippen LogP) is 3.45. The van der Waals surface area contributed by atoms with E-state index in [4.69, 9.17) is 8.94 Å². The minimum absolute atomic E-state index is 0.0184. The highest BCUT2D eigenvalue weighted by Crippen LogP contribution is 2.30. The van der Waals surface area contributed by atoms with E-state index in [1.165, 1.54) is 5.56 Å². The number of hydrogen-bond acceptors (Lipinski definition) is 7. The Morgan fingerprint density at radius 2 is 2.03 bits per heavy atom. The lowest BCUT2D eigenvalue weighted by Crippen LogP contribution is -2.29. The smallest absolute Gasteiger partial charge is 0.240 e. The molecule has 8 heteroatoms. The van der Waals surface area contributed by atoms with Crippen LogP contribution >= 0.6 is 0 Å². The van der Waals surface area contributed by atoms with Gasteiger partial charge in [-0.25, -0.2) is 9.97 Å². The number of carbonyl (C=O) groups excluding carboxylic acids is 1. The van der Waals surface area contributed by atoms with Gasteiger partial charge in [0.1, 0.15) is 5.58 Å². The Kier molecular flexibility index (Phi) is 4.54. The predicted molar refractivity (Wildman–Crippen MR) is 109 cm³/mol. The highest BCUT2D eigenvalue weighted by atomic mass is 16.5. The van der Waals surface area contributed by atoms with E-state index in [1.807, 2.05) is 17.9 Å². The van der Waals surface area contributed by atoms with Crippen molar-refractivity contribution in [1.29, 1.82) is 0 Å². The molecule has 30 heavy (non-hydrogen) atoms. The van der Waals surface area contributed by atoms with Gasteiger partial charge in [0.2, 0.25) is 23.4 Å². The summed E-state index contributed by atoms with van der Waals surface area (Å²) >= 11 is 0. The quantitative estimate of drug-likeness (QED) is 0.515. The number of amides is 1. The van der Waals surface area contributed by atoms with Crippen LogP contribution in [-0.2, 0) is 11.2 Å². The topological polar surface area (TPSA) is 98.2 Å². The molecule has 0 N–H and O–H groups in total. The standard InChI is InChI=1S/C22H21N5O3/c1-13-4-5-17-16(12-29-19(17)14(13)2)10-18(28)27-9-6-15(11-27)22-25-21(26-30-22)20-23-7-3-8-24-20/h3-5,7-8,12,15H,6,9-11H2,1-2H3/t15-/m0/s1. The Bertz CT molecular complexity index is 1210. The molecule has 1 aliphatic rings. The number of benzene rings is 1. The van der Waals surface area contributed by atoms with Gasteiger partial charge < -0.3 is 13.8 Å². The van der Waals surface area contributed by atoms with Crippen LogP contribution in [0.5, 0.6) is 0 Å². The Morgan fingerprint density at radius 3 is 2.87 bits per heavy atom. The van der Waals surface area contributed by atoms with Crippen molar-refractivity contribution in [2.45, 2.75) is 32.6 Å². The van der Waals surface area contributed by atoms with E-state index in [0.29, 0.717) is 37.0 Å². The summed E-state index contributed by atoms with van der Waals surface area (Å²) in [5.41, 5.74) is 4.07. The number of likely N-dealkylation sites (tertiary alicyclic amines) is 1. The molecule has 4 aromatic rings. The van der Waals surface area contributed by atoms with Gasteiger partial charge in [-0.1, -0.05) is 17.3 Å². The van der Waals surface area contributed by atoms with Crippen LogP contribution in [0.4, 0.5) is 0 Å². The fraction of sp³-hybridized carbons (Fsp3) is 0.318. The van der Waals surface area contributed by atoms with Crippen molar-refractivity contribution in [2.24, 2.45) is 0 Å². The zero-order valence-electron chi connectivity index (χ0n) is 16.8. The van der Waals surface area contributed by atoms with E-state index in [-0.39, 0.29) is 11.8 Å². The van der Waals surface area contributed by atoms with Gasteiger partial charge in [0.15, 0.2) is 0 Å². The van der Waals surface area contributed by atoms with Crippen LogP contribution in [-0.4, -0.2) is 44.0 Å². The third-order valence-electron chi connectivity index (χ3n) is 5.78. The SMILES string of the molecule is Cc1ccc2c(CC(=O)N3CC[C@H](c4nc(-c5ncccn5)no4)C3)coc2c1C. The van der Waals surface area contributed by atoms with E-state index in [1.54, 1.807) is 24.7 Å². The highest BCUT2D eigenvalue weighted by Gasteiger charge is 2.31. The van der Waals surface area contributed by atoms with Crippen molar-refractivity contribution in [3.8, 4) is 11.6 Å². The zero-order valence-corrected chi connectivity index (χ0v) is 16.8. The van der Waals surface area contributed by atoms with Crippen molar-refractivity contribution in [3.05, 3.63) is 59.4 Å². The number of furan rings is 1. The van der Waals surface area contributed by atoms with E-state index < -0.39 is 0 Å². The van der Waals surface area contributed by atoms with Gasteiger partial charge in [-0.3, -0.25) is 4.79 Å². The average molecular weight is 403 g/mol. The molecule has 0 saturated carbocycles. The third-order valence-corrected chi connectivity index (χ3v) is 5.78. The van der Waals surface area contributed by atoms with Gasteiger partial charge in [-0.2, -0.15) is 4.98 Å². The molecule has 1 fully saturated rings. The van der Waals surface area contributed by atoms with Crippen molar-refractivity contribution in [3.63, 3.8) is 0 Å². The minimum Gasteiger partial charge on any atom is -0.464 e. The molecule has 1 aromatic carbocycles. The molecule has 1 atom stereocenters. The monoisotopic (exact) mass is 403 g/mol. The van der Waals surface area contributed by atoms with Crippen LogP contribution in [0.1, 0.15) is 34.9 Å². The lowest BCUT2D eigenvalue weighted by atomic mass is 10.0. The molecule has 0 unspecified atom stereocenters. The zero-order chi connectivity index (χ0) is 20.7. The van der Waals surface area contributed by atoms with Gasteiger partial charge in [0.05, 0.1) is 18.6 Å².